The summed E-state index contributed by atoms with van der Waals surface area (Å²) in [7, 11) is 1.19. The number of aromatic nitrogens is 1. The highest BCUT2D eigenvalue weighted by atomic mass is 32.1. The number of nitrogens with one attached hydrogen (secondary N) is 1. The van der Waals surface area contributed by atoms with Crippen molar-refractivity contribution in [2.45, 2.75) is 13.8 Å². The van der Waals surface area contributed by atoms with E-state index in [1.54, 1.807) is 19.1 Å². The topological polar surface area (TPSA) is 105 Å². The third-order valence-corrected chi connectivity index (χ3v) is 5.11. The van der Waals surface area contributed by atoms with Crippen LogP contribution in [0, 0.1) is 31.0 Å². The smallest absolute Gasteiger partial charge is 0.342 e. The number of aryl methyl sites for hydroxylation is 2. The zero-order valence-corrected chi connectivity index (χ0v) is 15.9. The highest BCUT2D eigenvalue weighted by Crippen LogP contribution is 2.31. The Morgan fingerprint density at radius 3 is 2.57 bits per heavy atom. The summed E-state index contributed by atoms with van der Waals surface area (Å²) >= 11 is 1.12. The summed E-state index contributed by atoms with van der Waals surface area (Å²) in [4.78, 5) is 29.2. The van der Waals surface area contributed by atoms with Gasteiger partial charge in [0.1, 0.15) is 38.7 Å². The van der Waals surface area contributed by atoms with Gasteiger partial charge >= 0.3 is 5.97 Å². The van der Waals surface area contributed by atoms with Crippen LogP contribution in [0.4, 0.5) is 10.3 Å². The lowest BCUT2D eigenvalue weighted by molar-refractivity contribution is 0.0598. The van der Waals surface area contributed by atoms with Crippen LogP contribution < -0.4 is 5.32 Å². The summed E-state index contributed by atoms with van der Waals surface area (Å²) in [6.07, 6.45) is 0. The zero-order chi connectivity index (χ0) is 20.4. The number of thiazole rings is 1. The SMILES string of the molecule is COC(=O)c1c(C)oc(NC(=O)c2sc(-c3ccc(F)cc3)nc2C)c1C#N. The third kappa shape index (κ3) is 3.50. The molecule has 0 aliphatic rings. The Labute approximate surface area is 163 Å². The number of hydrogen-bond donors (Lipinski definition) is 1. The lowest BCUT2D eigenvalue weighted by Gasteiger charge is -2.01. The van der Waals surface area contributed by atoms with Crippen molar-refractivity contribution in [2.75, 3.05) is 12.4 Å². The van der Waals surface area contributed by atoms with E-state index >= 15 is 0 Å². The fraction of sp³-hybridized carbons (Fsp3) is 0.158. The Morgan fingerprint density at radius 2 is 1.96 bits per heavy atom. The summed E-state index contributed by atoms with van der Waals surface area (Å²) in [6.45, 7) is 3.16. The van der Waals surface area contributed by atoms with E-state index in [-0.39, 0.29) is 28.6 Å². The number of nitrogens with zero attached hydrogens (tertiary/aromatic N) is 2. The Bertz CT molecular complexity index is 1110. The Morgan fingerprint density at radius 1 is 1.29 bits per heavy atom. The van der Waals surface area contributed by atoms with Crippen LogP contribution in [0.25, 0.3) is 10.6 Å². The molecule has 0 fully saturated rings. The van der Waals surface area contributed by atoms with Gasteiger partial charge in [-0.1, -0.05) is 0 Å². The number of furan rings is 1. The van der Waals surface area contributed by atoms with Crippen LogP contribution in [0.5, 0.6) is 0 Å². The predicted octanol–water partition coefficient (Wildman–Crippen LogP) is 4.07. The molecule has 0 bridgehead atoms. The first-order chi connectivity index (χ1) is 13.3. The number of halogens is 1. The molecule has 1 aromatic carbocycles. The fourth-order valence-electron chi connectivity index (χ4n) is 2.57. The van der Waals surface area contributed by atoms with Crippen molar-refractivity contribution in [3.63, 3.8) is 0 Å². The summed E-state index contributed by atoms with van der Waals surface area (Å²) < 4.78 is 23.1. The van der Waals surface area contributed by atoms with Gasteiger partial charge < -0.3 is 9.15 Å². The maximum absolute atomic E-state index is 13.1. The van der Waals surface area contributed by atoms with E-state index < -0.39 is 11.9 Å². The lowest BCUT2D eigenvalue weighted by atomic mass is 10.1. The number of methoxy groups -OCH3 is 1. The van der Waals surface area contributed by atoms with Crippen LogP contribution in [-0.4, -0.2) is 24.0 Å². The van der Waals surface area contributed by atoms with Gasteiger partial charge in [0.05, 0.1) is 12.8 Å². The van der Waals surface area contributed by atoms with Crippen molar-refractivity contribution in [1.29, 1.82) is 5.26 Å². The van der Waals surface area contributed by atoms with Crippen molar-refractivity contribution < 1.29 is 23.1 Å². The van der Waals surface area contributed by atoms with E-state index in [9.17, 15) is 19.2 Å². The molecule has 0 aliphatic carbocycles. The van der Waals surface area contributed by atoms with Gasteiger partial charge in [0.25, 0.3) is 5.91 Å². The summed E-state index contributed by atoms with van der Waals surface area (Å²) in [5.41, 5.74) is 0.997. The second-order valence-corrected chi connectivity index (χ2v) is 6.73. The Balaban J connectivity index is 1.91. The van der Waals surface area contributed by atoms with Gasteiger partial charge in [0, 0.05) is 5.56 Å². The maximum Gasteiger partial charge on any atom is 0.342 e. The predicted molar refractivity (Wildman–Crippen MR) is 99.7 cm³/mol. The van der Waals surface area contributed by atoms with Crippen LogP contribution in [-0.2, 0) is 4.74 Å². The van der Waals surface area contributed by atoms with Crippen molar-refractivity contribution in [1.82, 2.24) is 4.98 Å². The minimum atomic E-state index is -0.731. The lowest BCUT2D eigenvalue weighted by Crippen LogP contribution is -2.12. The number of carbonyl (C=O) groups is 2. The van der Waals surface area contributed by atoms with Gasteiger partial charge in [-0.15, -0.1) is 11.3 Å². The van der Waals surface area contributed by atoms with E-state index in [1.807, 2.05) is 6.07 Å². The minimum Gasteiger partial charge on any atom is -0.465 e. The van der Waals surface area contributed by atoms with Crippen molar-refractivity contribution in [2.24, 2.45) is 0 Å². The van der Waals surface area contributed by atoms with Crippen LogP contribution in [0.2, 0.25) is 0 Å². The molecule has 1 amide bonds. The third-order valence-electron chi connectivity index (χ3n) is 3.91. The van der Waals surface area contributed by atoms with E-state index in [1.165, 1.54) is 26.2 Å². The molecule has 3 rings (SSSR count). The molecule has 0 atom stereocenters. The van der Waals surface area contributed by atoms with Gasteiger partial charge in [-0.3, -0.25) is 10.1 Å². The first kappa shape index (κ1) is 19.3. The van der Waals surface area contributed by atoms with Gasteiger partial charge in [-0.05, 0) is 38.1 Å². The fourth-order valence-corrected chi connectivity index (χ4v) is 3.54. The monoisotopic (exact) mass is 399 g/mol. The van der Waals surface area contributed by atoms with Crippen LogP contribution in [0.3, 0.4) is 0 Å². The summed E-state index contributed by atoms with van der Waals surface area (Å²) in [5.74, 6) is -1.61. The molecule has 0 saturated heterocycles. The number of esters is 1. The molecule has 2 heterocycles. The molecular weight excluding hydrogens is 385 g/mol. The Kier molecular flexibility index (Phi) is 5.24. The number of benzene rings is 1. The molecule has 3 aromatic rings. The highest BCUT2D eigenvalue weighted by molar-refractivity contribution is 7.17. The molecule has 0 saturated carbocycles. The van der Waals surface area contributed by atoms with Gasteiger partial charge in [0.2, 0.25) is 5.88 Å². The molecule has 0 radical (unpaired) electrons. The van der Waals surface area contributed by atoms with Crippen LogP contribution in [0.1, 0.15) is 37.0 Å². The first-order valence-corrected chi connectivity index (χ1v) is 8.83. The minimum absolute atomic E-state index is 0.0340. The van der Waals surface area contributed by atoms with Crippen molar-refractivity contribution >= 4 is 29.1 Å². The number of anilines is 1. The average molecular weight is 399 g/mol. The largest absolute Gasteiger partial charge is 0.465 e. The summed E-state index contributed by atoms with van der Waals surface area (Å²) in [5, 5.41) is 12.4. The van der Waals surface area contributed by atoms with Gasteiger partial charge in [0.15, 0.2) is 0 Å². The first-order valence-electron chi connectivity index (χ1n) is 8.02. The normalized spacial score (nSPS) is 10.4. The number of nitriles is 1. The van der Waals surface area contributed by atoms with Crippen LogP contribution >= 0.6 is 11.3 Å². The number of ether oxygens (including phenoxy) is 1. The van der Waals surface area contributed by atoms with Crippen molar-refractivity contribution in [3.8, 4) is 16.6 Å². The quantitative estimate of drug-likeness (QED) is 0.663. The molecule has 9 heteroatoms. The summed E-state index contributed by atoms with van der Waals surface area (Å²) in [6, 6.07) is 7.61. The van der Waals surface area contributed by atoms with Crippen molar-refractivity contribution in [3.05, 3.63) is 57.5 Å². The molecule has 0 aliphatic heterocycles. The number of hydrogen-bond acceptors (Lipinski definition) is 7. The number of amides is 1. The molecule has 2 aromatic heterocycles. The molecule has 1 N–H and O–H groups in total. The second kappa shape index (κ2) is 7.62. The molecule has 0 spiro atoms. The van der Waals surface area contributed by atoms with E-state index in [0.717, 1.165) is 11.3 Å². The zero-order valence-electron chi connectivity index (χ0n) is 15.1. The van der Waals surface area contributed by atoms with E-state index in [2.05, 4.69) is 15.0 Å². The van der Waals surface area contributed by atoms with Gasteiger partial charge in [-0.25, -0.2) is 14.2 Å². The Hall–Kier alpha value is -3.51. The standard InChI is InChI=1S/C19H14FN3O4S/c1-9-15(28-18(22-9)11-4-6-12(20)7-5-11)16(24)23-17-13(8-21)14(10(2)27-17)19(25)26-3/h4-7H,1-3H3,(H,23,24). The van der Waals surface area contributed by atoms with Crippen LogP contribution in [0.15, 0.2) is 28.7 Å². The number of rotatable bonds is 4. The maximum atomic E-state index is 13.1. The van der Waals surface area contributed by atoms with Gasteiger partial charge in [-0.2, -0.15) is 5.26 Å². The molecule has 7 nitrogen and oxygen atoms in total. The average Bonchev–Trinajstić information content (AvgIpc) is 3.21. The highest BCUT2D eigenvalue weighted by Gasteiger charge is 2.26. The molecular formula is C19H14FN3O4S. The second-order valence-electron chi connectivity index (χ2n) is 5.74. The molecule has 28 heavy (non-hydrogen) atoms. The molecule has 0 unspecified atom stereocenters. The number of carbonyl (C=O) groups excluding carboxylic acids is 2. The van der Waals surface area contributed by atoms with E-state index in [0.29, 0.717) is 21.1 Å². The van der Waals surface area contributed by atoms with E-state index in [4.69, 9.17) is 4.42 Å². The molecule has 142 valence electrons.